The molecular formula is C19H20ClN3O3. The molecule has 3 amide bonds. The topological polar surface area (TPSA) is 79.5 Å². The number of amides is 3. The number of anilines is 2. The van der Waals surface area contributed by atoms with E-state index in [9.17, 15) is 9.59 Å². The summed E-state index contributed by atoms with van der Waals surface area (Å²) in [5, 5.41) is 8.70. The molecule has 1 heterocycles. The van der Waals surface area contributed by atoms with Gasteiger partial charge in [-0.1, -0.05) is 23.7 Å². The van der Waals surface area contributed by atoms with Crippen LogP contribution in [0.1, 0.15) is 23.2 Å². The van der Waals surface area contributed by atoms with Gasteiger partial charge in [-0.05, 0) is 49.2 Å². The van der Waals surface area contributed by atoms with E-state index < -0.39 is 0 Å². The smallest absolute Gasteiger partial charge is 0.319 e. The number of carbonyl (C=O) groups excluding carboxylic acids is 2. The molecule has 3 N–H and O–H groups in total. The van der Waals surface area contributed by atoms with Crippen molar-refractivity contribution in [2.45, 2.75) is 18.9 Å². The average molecular weight is 374 g/mol. The van der Waals surface area contributed by atoms with Gasteiger partial charge in [0.05, 0.1) is 16.7 Å². The number of benzene rings is 2. The van der Waals surface area contributed by atoms with E-state index in [4.69, 9.17) is 16.3 Å². The van der Waals surface area contributed by atoms with Crippen LogP contribution in [0.5, 0.6) is 0 Å². The first-order valence-electron chi connectivity index (χ1n) is 8.44. The Bertz CT molecular complexity index is 774. The van der Waals surface area contributed by atoms with E-state index in [1.807, 2.05) is 0 Å². The highest BCUT2D eigenvalue weighted by molar-refractivity contribution is 6.34. The van der Waals surface area contributed by atoms with E-state index in [0.29, 0.717) is 28.5 Å². The molecule has 136 valence electrons. The minimum Gasteiger partial charge on any atom is -0.376 e. The van der Waals surface area contributed by atoms with Crippen LogP contribution < -0.4 is 16.0 Å². The number of nitrogens with one attached hydrogen (secondary N) is 3. The summed E-state index contributed by atoms with van der Waals surface area (Å²) in [7, 11) is 0. The molecule has 0 aromatic heterocycles. The summed E-state index contributed by atoms with van der Waals surface area (Å²) in [4.78, 5) is 24.1. The Hall–Kier alpha value is -2.57. The van der Waals surface area contributed by atoms with Gasteiger partial charge >= 0.3 is 6.03 Å². The summed E-state index contributed by atoms with van der Waals surface area (Å²) in [5.41, 5.74) is 1.65. The van der Waals surface area contributed by atoms with E-state index in [1.165, 1.54) is 0 Å². The van der Waals surface area contributed by atoms with Crippen LogP contribution in [-0.4, -0.2) is 31.2 Å². The molecule has 0 saturated carbocycles. The van der Waals surface area contributed by atoms with E-state index in [0.717, 1.165) is 19.4 Å². The molecule has 2 aromatic carbocycles. The summed E-state index contributed by atoms with van der Waals surface area (Å²) in [6.45, 7) is 1.26. The monoisotopic (exact) mass is 373 g/mol. The maximum Gasteiger partial charge on any atom is 0.319 e. The first-order chi connectivity index (χ1) is 12.6. The van der Waals surface area contributed by atoms with Crippen LogP contribution in [-0.2, 0) is 4.74 Å². The minimum atomic E-state index is -0.286. The molecule has 3 rings (SSSR count). The molecule has 0 spiro atoms. The SMILES string of the molecule is O=C(NCC1CCCO1)Nc1ccc(NC(=O)c2ccccc2Cl)cc1. The van der Waals surface area contributed by atoms with E-state index in [-0.39, 0.29) is 18.0 Å². The maximum absolute atomic E-state index is 12.2. The lowest BCUT2D eigenvalue weighted by Gasteiger charge is -2.12. The Labute approximate surface area is 156 Å². The van der Waals surface area contributed by atoms with Crippen molar-refractivity contribution in [2.75, 3.05) is 23.8 Å². The molecule has 1 unspecified atom stereocenters. The lowest BCUT2D eigenvalue weighted by molar-refractivity contribution is 0.102. The maximum atomic E-state index is 12.2. The third-order valence-corrected chi connectivity index (χ3v) is 4.36. The van der Waals surface area contributed by atoms with Gasteiger partial charge in [0.2, 0.25) is 0 Å². The minimum absolute atomic E-state index is 0.100. The van der Waals surface area contributed by atoms with Gasteiger partial charge in [0.15, 0.2) is 0 Å². The summed E-state index contributed by atoms with van der Waals surface area (Å²) in [6, 6.07) is 13.4. The van der Waals surface area contributed by atoms with Crippen molar-refractivity contribution in [1.82, 2.24) is 5.32 Å². The van der Waals surface area contributed by atoms with Crippen LogP contribution in [0.15, 0.2) is 48.5 Å². The van der Waals surface area contributed by atoms with E-state index >= 15 is 0 Å². The fourth-order valence-corrected chi connectivity index (χ4v) is 2.89. The number of carbonyl (C=O) groups is 2. The van der Waals surface area contributed by atoms with Gasteiger partial charge in [0, 0.05) is 24.5 Å². The van der Waals surface area contributed by atoms with E-state index in [1.54, 1.807) is 48.5 Å². The largest absolute Gasteiger partial charge is 0.376 e. The molecule has 26 heavy (non-hydrogen) atoms. The second kappa shape index (κ2) is 8.69. The standard InChI is InChI=1S/C19H20ClN3O3/c20-17-6-2-1-5-16(17)18(24)22-13-7-9-14(10-8-13)23-19(25)21-12-15-4-3-11-26-15/h1-2,5-10,15H,3-4,11-12H2,(H,22,24)(H2,21,23,25). The molecule has 7 heteroatoms. The Morgan fingerprint density at radius 1 is 1.04 bits per heavy atom. The van der Waals surface area contributed by atoms with Crippen molar-refractivity contribution in [3.8, 4) is 0 Å². The lowest BCUT2D eigenvalue weighted by atomic mass is 10.2. The number of ether oxygens (including phenoxy) is 1. The number of hydrogen-bond acceptors (Lipinski definition) is 3. The summed E-state index contributed by atoms with van der Waals surface area (Å²) in [6.07, 6.45) is 2.11. The van der Waals surface area contributed by atoms with Gasteiger partial charge < -0.3 is 20.7 Å². The van der Waals surface area contributed by atoms with Crippen LogP contribution >= 0.6 is 11.6 Å². The molecule has 1 fully saturated rings. The van der Waals surface area contributed by atoms with Gasteiger partial charge in [-0.3, -0.25) is 4.79 Å². The molecule has 6 nitrogen and oxygen atoms in total. The Morgan fingerprint density at radius 2 is 1.73 bits per heavy atom. The lowest BCUT2D eigenvalue weighted by Crippen LogP contribution is -2.35. The van der Waals surface area contributed by atoms with Crippen LogP contribution in [0.25, 0.3) is 0 Å². The normalized spacial score (nSPS) is 16.1. The predicted molar refractivity (Wildman–Crippen MR) is 102 cm³/mol. The van der Waals surface area contributed by atoms with Crippen LogP contribution in [0, 0.1) is 0 Å². The van der Waals surface area contributed by atoms with Gasteiger partial charge in [-0.2, -0.15) is 0 Å². The van der Waals surface area contributed by atoms with Crippen molar-refractivity contribution in [2.24, 2.45) is 0 Å². The fraction of sp³-hybridized carbons (Fsp3) is 0.263. The fourth-order valence-electron chi connectivity index (χ4n) is 2.67. The van der Waals surface area contributed by atoms with Crippen molar-refractivity contribution >= 4 is 34.9 Å². The Kier molecular flexibility index (Phi) is 6.09. The third-order valence-electron chi connectivity index (χ3n) is 4.03. The highest BCUT2D eigenvalue weighted by Gasteiger charge is 2.16. The summed E-state index contributed by atoms with van der Waals surface area (Å²) >= 11 is 6.02. The van der Waals surface area contributed by atoms with Crippen molar-refractivity contribution in [3.63, 3.8) is 0 Å². The summed E-state index contributed by atoms with van der Waals surface area (Å²) < 4.78 is 5.46. The van der Waals surface area contributed by atoms with Gasteiger partial charge in [-0.15, -0.1) is 0 Å². The predicted octanol–water partition coefficient (Wildman–Crippen LogP) is 3.89. The van der Waals surface area contributed by atoms with Gasteiger partial charge in [0.25, 0.3) is 5.91 Å². The Morgan fingerprint density at radius 3 is 2.38 bits per heavy atom. The highest BCUT2D eigenvalue weighted by atomic mass is 35.5. The second-order valence-electron chi connectivity index (χ2n) is 5.98. The zero-order valence-electron chi connectivity index (χ0n) is 14.1. The first kappa shape index (κ1) is 18.2. The summed E-state index contributed by atoms with van der Waals surface area (Å²) in [5.74, 6) is -0.286. The molecule has 2 aromatic rings. The number of rotatable bonds is 5. The van der Waals surface area contributed by atoms with Gasteiger partial charge in [0.1, 0.15) is 0 Å². The number of urea groups is 1. The second-order valence-corrected chi connectivity index (χ2v) is 6.39. The van der Waals surface area contributed by atoms with Gasteiger partial charge in [-0.25, -0.2) is 4.79 Å². The zero-order valence-corrected chi connectivity index (χ0v) is 14.9. The van der Waals surface area contributed by atoms with Crippen molar-refractivity contribution < 1.29 is 14.3 Å². The highest BCUT2D eigenvalue weighted by Crippen LogP contribution is 2.18. The first-order valence-corrected chi connectivity index (χ1v) is 8.82. The molecular weight excluding hydrogens is 354 g/mol. The van der Waals surface area contributed by atoms with Crippen molar-refractivity contribution in [3.05, 3.63) is 59.1 Å². The average Bonchev–Trinajstić information content (AvgIpc) is 3.15. The number of hydrogen-bond donors (Lipinski definition) is 3. The zero-order chi connectivity index (χ0) is 18.4. The third kappa shape index (κ3) is 4.97. The molecule has 1 aliphatic rings. The molecule has 0 aliphatic carbocycles. The van der Waals surface area contributed by atoms with Crippen LogP contribution in [0.3, 0.4) is 0 Å². The molecule has 1 atom stereocenters. The molecule has 1 saturated heterocycles. The Balaban J connectivity index is 1.50. The molecule has 1 aliphatic heterocycles. The quantitative estimate of drug-likeness (QED) is 0.743. The molecule has 0 bridgehead atoms. The van der Waals surface area contributed by atoms with Crippen LogP contribution in [0.2, 0.25) is 5.02 Å². The van der Waals surface area contributed by atoms with Crippen molar-refractivity contribution in [1.29, 1.82) is 0 Å². The van der Waals surface area contributed by atoms with Crippen LogP contribution in [0.4, 0.5) is 16.2 Å². The molecule has 0 radical (unpaired) electrons. The number of halogens is 1. The van der Waals surface area contributed by atoms with E-state index in [2.05, 4.69) is 16.0 Å².